The van der Waals surface area contributed by atoms with Crippen LogP contribution in [0.4, 0.5) is 0 Å². The van der Waals surface area contributed by atoms with Gasteiger partial charge in [-0.15, -0.1) is 0 Å². The highest BCUT2D eigenvalue weighted by Crippen LogP contribution is 2.42. The van der Waals surface area contributed by atoms with Gasteiger partial charge in [0, 0.05) is 36.6 Å². The summed E-state index contributed by atoms with van der Waals surface area (Å²) in [5, 5.41) is 0. The van der Waals surface area contributed by atoms with Crippen LogP contribution in [0.1, 0.15) is 41.0 Å². The number of hydrogen-bond acceptors (Lipinski definition) is 2. The molecule has 2 aliphatic rings. The topological polar surface area (TPSA) is 6.48 Å². The van der Waals surface area contributed by atoms with Gasteiger partial charge in [-0.05, 0) is 47.6 Å². The summed E-state index contributed by atoms with van der Waals surface area (Å²) in [5.41, 5.74) is 1.01. The molecule has 0 bridgehead atoms. The largest absolute Gasteiger partial charge is 0.300 e. The molecule has 0 aromatic heterocycles. The molecule has 2 rings (SSSR count). The van der Waals surface area contributed by atoms with Crippen molar-refractivity contribution in [3.63, 3.8) is 0 Å². The van der Waals surface area contributed by atoms with Crippen LogP contribution in [0.25, 0.3) is 0 Å². The number of nitrogens with zero attached hydrogens (tertiary/aromatic N) is 2. The fourth-order valence-corrected chi connectivity index (χ4v) is 2.95. The first-order chi connectivity index (χ1) is 6.82. The van der Waals surface area contributed by atoms with Crippen molar-refractivity contribution < 1.29 is 0 Å². The fraction of sp³-hybridized carbons (Fsp3) is 1.00. The standard InChI is InChI=1S/C13H26N2/c1-11(2)14-8-13(9-14)6-7-15(10-13)12(3,4)5/h11H,6-10H2,1-5H3. The van der Waals surface area contributed by atoms with Gasteiger partial charge in [-0.25, -0.2) is 0 Å². The van der Waals surface area contributed by atoms with Gasteiger partial charge in [-0.3, -0.25) is 9.80 Å². The lowest BCUT2D eigenvalue weighted by Gasteiger charge is -2.51. The molecular formula is C13H26N2. The van der Waals surface area contributed by atoms with E-state index in [1.54, 1.807) is 0 Å². The van der Waals surface area contributed by atoms with Crippen molar-refractivity contribution >= 4 is 0 Å². The van der Waals surface area contributed by atoms with E-state index in [9.17, 15) is 0 Å². The Morgan fingerprint density at radius 2 is 1.67 bits per heavy atom. The molecule has 2 aliphatic heterocycles. The Kier molecular flexibility index (Phi) is 2.63. The maximum Gasteiger partial charge on any atom is 0.0125 e. The van der Waals surface area contributed by atoms with Crippen molar-refractivity contribution in [2.45, 2.75) is 52.6 Å². The van der Waals surface area contributed by atoms with E-state index in [1.807, 2.05) is 0 Å². The molecule has 88 valence electrons. The molecule has 0 amide bonds. The molecule has 0 unspecified atom stereocenters. The second-order valence-corrected chi connectivity index (χ2v) is 6.84. The summed E-state index contributed by atoms with van der Waals surface area (Å²) in [6.45, 7) is 16.9. The predicted molar refractivity (Wildman–Crippen MR) is 65.1 cm³/mol. The number of likely N-dealkylation sites (tertiary alicyclic amines) is 2. The Bertz CT molecular complexity index is 233. The van der Waals surface area contributed by atoms with E-state index in [2.05, 4.69) is 44.4 Å². The van der Waals surface area contributed by atoms with Crippen molar-refractivity contribution in [2.75, 3.05) is 26.2 Å². The van der Waals surface area contributed by atoms with E-state index in [1.165, 1.54) is 32.6 Å². The van der Waals surface area contributed by atoms with Crippen LogP contribution in [0.3, 0.4) is 0 Å². The molecule has 0 N–H and O–H groups in total. The molecule has 2 fully saturated rings. The third-order valence-electron chi connectivity index (χ3n) is 4.19. The molecule has 0 radical (unpaired) electrons. The second-order valence-electron chi connectivity index (χ2n) is 6.84. The zero-order valence-electron chi connectivity index (χ0n) is 11.0. The van der Waals surface area contributed by atoms with Crippen LogP contribution in [0.5, 0.6) is 0 Å². The Balaban J connectivity index is 1.90. The molecular weight excluding hydrogens is 184 g/mol. The highest BCUT2D eigenvalue weighted by atomic mass is 15.3. The van der Waals surface area contributed by atoms with Crippen LogP contribution in [-0.2, 0) is 0 Å². The Hall–Kier alpha value is -0.0800. The van der Waals surface area contributed by atoms with Crippen LogP contribution in [0.2, 0.25) is 0 Å². The van der Waals surface area contributed by atoms with Crippen molar-refractivity contribution in [1.29, 1.82) is 0 Å². The van der Waals surface area contributed by atoms with Gasteiger partial charge >= 0.3 is 0 Å². The average Bonchev–Trinajstić information content (AvgIpc) is 2.43. The van der Waals surface area contributed by atoms with Crippen LogP contribution in [0, 0.1) is 5.41 Å². The third-order valence-corrected chi connectivity index (χ3v) is 4.19. The summed E-state index contributed by atoms with van der Waals surface area (Å²) < 4.78 is 0. The zero-order valence-corrected chi connectivity index (χ0v) is 11.0. The summed E-state index contributed by atoms with van der Waals surface area (Å²) in [6, 6.07) is 0.735. The Morgan fingerprint density at radius 1 is 1.07 bits per heavy atom. The molecule has 0 aromatic rings. The maximum absolute atomic E-state index is 2.66. The van der Waals surface area contributed by atoms with Gasteiger partial charge in [0.05, 0.1) is 0 Å². The van der Waals surface area contributed by atoms with Gasteiger partial charge in [-0.1, -0.05) is 0 Å². The predicted octanol–water partition coefficient (Wildman–Crippen LogP) is 2.20. The Labute approximate surface area is 94.6 Å². The quantitative estimate of drug-likeness (QED) is 0.654. The summed E-state index contributed by atoms with van der Waals surface area (Å²) in [4.78, 5) is 5.26. The highest BCUT2D eigenvalue weighted by Gasteiger charge is 2.49. The molecule has 1 spiro atoms. The van der Waals surface area contributed by atoms with Crippen LogP contribution in [-0.4, -0.2) is 47.6 Å². The Morgan fingerprint density at radius 3 is 2.07 bits per heavy atom. The third kappa shape index (κ3) is 2.07. The molecule has 0 atom stereocenters. The van der Waals surface area contributed by atoms with Crippen molar-refractivity contribution in [3.8, 4) is 0 Å². The van der Waals surface area contributed by atoms with Gasteiger partial charge in [0.25, 0.3) is 0 Å². The molecule has 0 aromatic carbocycles. The normalized spacial score (nSPS) is 27.6. The molecule has 2 nitrogen and oxygen atoms in total. The van der Waals surface area contributed by atoms with Gasteiger partial charge in [-0.2, -0.15) is 0 Å². The van der Waals surface area contributed by atoms with E-state index in [0.717, 1.165) is 6.04 Å². The second kappa shape index (κ2) is 3.46. The molecule has 2 saturated heterocycles. The molecule has 2 heteroatoms. The van der Waals surface area contributed by atoms with Crippen molar-refractivity contribution in [1.82, 2.24) is 9.80 Å². The molecule has 15 heavy (non-hydrogen) atoms. The van der Waals surface area contributed by atoms with Crippen LogP contribution < -0.4 is 0 Å². The van der Waals surface area contributed by atoms with Crippen molar-refractivity contribution in [3.05, 3.63) is 0 Å². The summed E-state index contributed by atoms with van der Waals surface area (Å²) >= 11 is 0. The van der Waals surface area contributed by atoms with Gasteiger partial charge in [0.15, 0.2) is 0 Å². The SMILES string of the molecule is CC(C)N1CC2(CCN(C(C)(C)C)C2)C1. The highest BCUT2D eigenvalue weighted by molar-refractivity contribution is 5.03. The van der Waals surface area contributed by atoms with E-state index in [4.69, 9.17) is 0 Å². The van der Waals surface area contributed by atoms with Crippen LogP contribution >= 0.6 is 0 Å². The summed E-state index contributed by atoms with van der Waals surface area (Å²) in [7, 11) is 0. The van der Waals surface area contributed by atoms with E-state index in [0.29, 0.717) is 11.0 Å². The zero-order chi connectivity index (χ0) is 11.3. The molecule has 2 heterocycles. The van der Waals surface area contributed by atoms with Crippen LogP contribution in [0.15, 0.2) is 0 Å². The maximum atomic E-state index is 2.66. The monoisotopic (exact) mass is 210 g/mol. The molecule has 0 aliphatic carbocycles. The minimum absolute atomic E-state index is 0.363. The minimum atomic E-state index is 0.363. The number of hydrogen-bond donors (Lipinski definition) is 0. The van der Waals surface area contributed by atoms with Crippen molar-refractivity contribution in [2.24, 2.45) is 5.41 Å². The molecule has 0 saturated carbocycles. The first-order valence-electron chi connectivity index (χ1n) is 6.32. The lowest BCUT2D eigenvalue weighted by Crippen LogP contribution is -2.60. The lowest BCUT2D eigenvalue weighted by atomic mass is 9.78. The number of rotatable bonds is 1. The smallest absolute Gasteiger partial charge is 0.0125 e. The van der Waals surface area contributed by atoms with Gasteiger partial charge in [0.1, 0.15) is 0 Å². The van der Waals surface area contributed by atoms with Gasteiger partial charge in [0.2, 0.25) is 0 Å². The summed E-state index contributed by atoms with van der Waals surface area (Å²) in [6.07, 6.45) is 1.41. The summed E-state index contributed by atoms with van der Waals surface area (Å²) in [5.74, 6) is 0. The average molecular weight is 210 g/mol. The fourth-order valence-electron chi connectivity index (χ4n) is 2.95. The van der Waals surface area contributed by atoms with E-state index >= 15 is 0 Å². The van der Waals surface area contributed by atoms with E-state index < -0.39 is 0 Å². The van der Waals surface area contributed by atoms with Gasteiger partial charge < -0.3 is 0 Å². The first kappa shape index (κ1) is 11.4. The van der Waals surface area contributed by atoms with E-state index in [-0.39, 0.29) is 0 Å². The first-order valence-corrected chi connectivity index (χ1v) is 6.32. The lowest BCUT2D eigenvalue weighted by molar-refractivity contribution is -0.0200. The minimum Gasteiger partial charge on any atom is -0.300 e.